The Bertz CT molecular complexity index is 614. The molecule has 1 saturated carbocycles. The molecular formula is C20H34N4O3. The number of aromatic nitrogens is 2. The van der Waals surface area contributed by atoms with E-state index in [1.165, 1.54) is 32.1 Å². The van der Waals surface area contributed by atoms with Crippen LogP contribution < -0.4 is 0 Å². The van der Waals surface area contributed by atoms with Gasteiger partial charge >= 0.3 is 0 Å². The van der Waals surface area contributed by atoms with E-state index >= 15 is 0 Å². The number of hydrogen-bond donors (Lipinski definition) is 1. The molecule has 0 aromatic carbocycles. The minimum atomic E-state index is -1.31. The van der Waals surface area contributed by atoms with E-state index in [2.05, 4.69) is 10.1 Å². The number of hydrogen-bond acceptors (Lipinski definition) is 6. The minimum Gasteiger partial charge on any atom is -0.379 e. The van der Waals surface area contributed by atoms with Crippen LogP contribution >= 0.6 is 0 Å². The summed E-state index contributed by atoms with van der Waals surface area (Å²) in [6.45, 7) is 4.24. The van der Waals surface area contributed by atoms with Gasteiger partial charge in [-0.25, -0.2) is 0 Å². The molecule has 1 atom stereocenters. The van der Waals surface area contributed by atoms with Gasteiger partial charge < -0.3 is 14.5 Å². The molecule has 2 fully saturated rings. The number of amides is 1. The monoisotopic (exact) mass is 378 g/mol. The van der Waals surface area contributed by atoms with E-state index in [0.29, 0.717) is 24.7 Å². The lowest BCUT2D eigenvalue weighted by Gasteiger charge is -2.40. The molecule has 152 valence electrons. The first kappa shape index (κ1) is 20.3. The van der Waals surface area contributed by atoms with Crippen LogP contribution in [-0.4, -0.2) is 63.2 Å². The summed E-state index contributed by atoms with van der Waals surface area (Å²) < 4.78 is 5.22. The van der Waals surface area contributed by atoms with Gasteiger partial charge in [0, 0.05) is 26.1 Å². The maximum atomic E-state index is 13.0. The summed E-state index contributed by atoms with van der Waals surface area (Å²) in [5.41, 5.74) is -1.31. The molecule has 1 aliphatic carbocycles. The van der Waals surface area contributed by atoms with Gasteiger partial charge in [-0.3, -0.25) is 9.69 Å². The van der Waals surface area contributed by atoms with Crippen LogP contribution in [0, 0.1) is 5.92 Å². The highest BCUT2D eigenvalue weighted by molar-refractivity contribution is 5.86. The van der Waals surface area contributed by atoms with Crippen molar-refractivity contribution in [3.8, 4) is 0 Å². The lowest BCUT2D eigenvalue weighted by molar-refractivity contribution is -0.159. The Morgan fingerprint density at radius 2 is 2.07 bits per heavy atom. The Morgan fingerprint density at radius 3 is 2.78 bits per heavy atom. The van der Waals surface area contributed by atoms with Crippen molar-refractivity contribution < 1.29 is 14.4 Å². The molecule has 1 aromatic heterocycles. The molecule has 2 aliphatic rings. The molecule has 0 radical (unpaired) electrons. The Labute approximate surface area is 162 Å². The van der Waals surface area contributed by atoms with Crippen LogP contribution in [0.1, 0.15) is 70.0 Å². The Hall–Kier alpha value is -1.47. The molecule has 1 aromatic rings. The van der Waals surface area contributed by atoms with E-state index in [1.807, 2.05) is 23.8 Å². The highest BCUT2D eigenvalue weighted by Crippen LogP contribution is 2.29. The Morgan fingerprint density at radius 1 is 1.30 bits per heavy atom. The number of carbonyl (C=O) groups is 1. The van der Waals surface area contributed by atoms with Crippen molar-refractivity contribution in [3.63, 3.8) is 0 Å². The maximum Gasteiger partial charge on any atom is 0.255 e. The fourth-order valence-electron chi connectivity index (χ4n) is 4.47. The first-order valence-electron chi connectivity index (χ1n) is 10.5. The van der Waals surface area contributed by atoms with Gasteiger partial charge in [-0.2, -0.15) is 4.98 Å². The van der Waals surface area contributed by atoms with Crippen LogP contribution in [0.4, 0.5) is 0 Å². The van der Waals surface area contributed by atoms with Crippen molar-refractivity contribution in [3.05, 3.63) is 11.7 Å². The van der Waals surface area contributed by atoms with Crippen LogP contribution in [0.5, 0.6) is 0 Å². The number of aryl methyl sites for hydroxylation is 1. The minimum absolute atomic E-state index is 0.115. The molecule has 3 rings (SSSR count). The van der Waals surface area contributed by atoms with Crippen molar-refractivity contribution in [2.45, 2.75) is 76.9 Å². The number of nitrogens with zero attached hydrogens (tertiary/aromatic N) is 4. The molecule has 7 heteroatoms. The van der Waals surface area contributed by atoms with Crippen molar-refractivity contribution in [2.75, 3.05) is 26.7 Å². The zero-order valence-corrected chi connectivity index (χ0v) is 16.8. The number of likely N-dealkylation sites (N-methyl/N-ethyl adjacent to an activating group) is 1. The Balaban J connectivity index is 1.52. The second-order valence-corrected chi connectivity index (χ2v) is 8.35. The molecule has 1 saturated heterocycles. The summed E-state index contributed by atoms with van der Waals surface area (Å²) in [5, 5.41) is 14.9. The molecule has 1 aliphatic heterocycles. The van der Waals surface area contributed by atoms with Gasteiger partial charge in [0.25, 0.3) is 5.91 Å². The number of carbonyl (C=O) groups excluding carboxylic acids is 1. The zero-order valence-electron chi connectivity index (χ0n) is 16.8. The van der Waals surface area contributed by atoms with Crippen LogP contribution in [0.15, 0.2) is 4.52 Å². The van der Waals surface area contributed by atoms with Gasteiger partial charge in [0.05, 0.1) is 6.54 Å². The average molecular weight is 379 g/mol. The average Bonchev–Trinajstić information content (AvgIpc) is 3.11. The number of piperidine rings is 1. The highest BCUT2D eigenvalue weighted by atomic mass is 16.5. The molecule has 0 bridgehead atoms. The zero-order chi connectivity index (χ0) is 19.3. The molecule has 7 nitrogen and oxygen atoms in total. The fourth-order valence-corrected chi connectivity index (χ4v) is 4.47. The van der Waals surface area contributed by atoms with E-state index in [-0.39, 0.29) is 12.5 Å². The van der Waals surface area contributed by atoms with Crippen molar-refractivity contribution in [2.24, 2.45) is 5.92 Å². The first-order valence-corrected chi connectivity index (χ1v) is 10.5. The van der Waals surface area contributed by atoms with E-state index in [9.17, 15) is 9.90 Å². The molecule has 27 heavy (non-hydrogen) atoms. The lowest BCUT2D eigenvalue weighted by atomic mass is 9.86. The quantitative estimate of drug-likeness (QED) is 0.748. The molecule has 1 amide bonds. The number of aliphatic hydroxyl groups is 1. The summed E-state index contributed by atoms with van der Waals surface area (Å²) in [6.07, 6.45) is 9.74. The summed E-state index contributed by atoms with van der Waals surface area (Å²) in [6, 6.07) is 0. The highest BCUT2D eigenvalue weighted by Gasteiger charge is 2.43. The second kappa shape index (κ2) is 9.15. The van der Waals surface area contributed by atoms with E-state index in [0.717, 1.165) is 38.3 Å². The van der Waals surface area contributed by atoms with Crippen molar-refractivity contribution in [1.82, 2.24) is 19.9 Å². The largest absolute Gasteiger partial charge is 0.379 e. The van der Waals surface area contributed by atoms with Gasteiger partial charge in [-0.1, -0.05) is 44.2 Å². The SMILES string of the molecule is CCc1noc(CN(C)CC2(O)CCCN(CCC3CCCCC3)C2=O)n1. The second-order valence-electron chi connectivity index (χ2n) is 8.35. The molecule has 2 heterocycles. The third-order valence-corrected chi connectivity index (χ3v) is 6.00. The van der Waals surface area contributed by atoms with Crippen LogP contribution in [0.2, 0.25) is 0 Å². The first-order chi connectivity index (χ1) is 13.0. The van der Waals surface area contributed by atoms with Crippen LogP contribution in [0.3, 0.4) is 0 Å². The fraction of sp³-hybridized carbons (Fsp3) is 0.850. The van der Waals surface area contributed by atoms with E-state index < -0.39 is 5.60 Å². The third kappa shape index (κ3) is 5.29. The van der Waals surface area contributed by atoms with Gasteiger partial charge in [-0.05, 0) is 32.2 Å². The predicted molar refractivity (Wildman–Crippen MR) is 102 cm³/mol. The smallest absolute Gasteiger partial charge is 0.255 e. The topological polar surface area (TPSA) is 82.7 Å². The number of likely N-dealkylation sites (tertiary alicyclic amines) is 1. The lowest BCUT2D eigenvalue weighted by Crippen LogP contribution is -2.58. The maximum absolute atomic E-state index is 13.0. The van der Waals surface area contributed by atoms with Gasteiger partial charge in [0.1, 0.15) is 0 Å². The normalized spacial score (nSPS) is 24.7. The number of rotatable bonds is 8. The predicted octanol–water partition coefficient (Wildman–Crippen LogP) is 2.39. The molecule has 0 spiro atoms. The van der Waals surface area contributed by atoms with Crippen molar-refractivity contribution >= 4 is 5.91 Å². The van der Waals surface area contributed by atoms with Gasteiger partial charge in [0.2, 0.25) is 5.89 Å². The van der Waals surface area contributed by atoms with Crippen LogP contribution in [0.25, 0.3) is 0 Å². The molecular weight excluding hydrogens is 344 g/mol. The summed E-state index contributed by atoms with van der Waals surface area (Å²) in [5.74, 6) is 1.83. The Kier molecular flexibility index (Phi) is 6.87. The van der Waals surface area contributed by atoms with Crippen molar-refractivity contribution in [1.29, 1.82) is 0 Å². The van der Waals surface area contributed by atoms with E-state index in [4.69, 9.17) is 4.52 Å². The van der Waals surface area contributed by atoms with E-state index in [1.54, 1.807) is 0 Å². The summed E-state index contributed by atoms with van der Waals surface area (Å²) >= 11 is 0. The third-order valence-electron chi connectivity index (χ3n) is 6.00. The molecule has 1 unspecified atom stereocenters. The van der Waals surface area contributed by atoms with Gasteiger partial charge in [0.15, 0.2) is 11.4 Å². The van der Waals surface area contributed by atoms with Gasteiger partial charge in [-0.15, -0.1) is 0 Å². The molecule has 1 N–H and O–H groups in total. The summed E-state index contributed by atoms with van der Waals surface area (Å²) in [7, 11) is 1.88. The summed E-state index contributed by atoms with van der Waals surface area (Å²) in [4.78, 5) is 21.0. The standard InChI is InChI=1S/C20H34N4O3/c1-3-17-21-18(27-22-17)14-23(2)15-20(26)11-7-12-24(19(20)25)13-10-16-8-5-4-6-9-16/h16,26H,3-15H2,1-2H3. The van der Waals surface area contributed by atoms with Crippen LogP contribution in [-0.2, 0) is 17.8 Å².